The Morgan fingerprint density at radius 1 is 1.38 bits per heavy atom. The van der Waals surface area contributed by atoms with E-state index in [1.165, 1.54) is 5.56 Å². The zero-order chi connectivity index (χ0) is 15.4. The van der Waals surface area contributed by atoms with E-state index in [9.17, 15) is 4.79 Å². The topological polar surface area (TPSA) is 50.2 Å². The van der Waals surface area contributed by atoms with Gasteiger partial charge in [-0.05, 0) is 38.2 Å². The predicted octanol–water partition coefficient (Wildman–Crippen LogP) is 1.92. The first-order chi connectivity index (χ1) is 10.0. The summed E-state index contributed by atoms with van der Waals surface area (Å²) in [6, 6.07) is 8.77. The lowest BCUT2D eigenvalue weighted by atomic mass is 10.0. The van der Waals surface area contributed by atoms with E-state index in [-0.39, 0.29) is 12.5 Å². The van der Waals surface area contributed by atoms with Crippen molar-refractivity contribution in [1.29, 1.82) is 0 Å². The molecular weight excluding hydrogens is 264 g/mol. The molecule has 0 aliphatic carbocycles. The van der Waals surface area contributed by atoms with Gasteiger partial charge in [0, 0.05) is 24.8 Å². The van der Waals surface area contributed by atoms with Crippen LogP contribution in [0.4, 0.5) is 0 Å². The van der Waals surface area contributed by atoms with Crippen LogP contribution in [0.2, 0.25) is 0 Å². The van der Waals surface area contributed by atoms with Crippen LogP contribution in [0.1, 0.15) is 18.5 Å². The van der Waals surface area contributed by atoms with Crippen molar-refractivity contribution in [2.45, 2.75) is 19.5 Å². The Kier molecular flexibility index (Phi) is 4.75. The van der Waals surface area contributed by atoms with Crippen LogP contribution < -0.4 is 5.32 Å². The number of carbonyl (C=O) groups excluding carboxylic acids is 1. The molecule has 2 rings (SSSR count). The highest BCUT2D eigenvalue weighted by Gasteiger charge is 2.10. The van der Waals surface area contributed by atoms with Crippen molar-refractivity contribution >= 4 is 5.91 Å². The van der Waals surface area contributed by atoms with Gasteiger partial charge in [0.15, 0.2) is 0 Å². The first kappa shape index (κ1) is 15.3. The SMILES string of the molecule is CNC(=O)Cn1cc(-c2cccc([C@@H](C)N(C)C)c2)cn1. The van der Waals surface area contributed by atoms with Crippen LogP contribution in [0.25, 0.3) is 11.1 Å². The fraction of sp³-hybridized carbons (Fsp3) is 0.375. The standard InChI is InChI=1S/C16H22N4O/c1-12(19(3)4)13-6-5-7-14(8-13)15-9-18-20(10-15)11-16(21)17-2/h5-10,12H,11H2,1-4H3,(H,17,21)/t12-/m1/s1. The second kappa shape index (κ2) is 6.54. The molecule has 5 nitrogen and oxygen atoms in total. The van der Waals surface area contributed by atoms with Gasteiger partial charge < -0.3 is 10.2 Å². The molecule has 0 aliphatic heterocycles. The zero-order valence-electron chi connectivity index (χ0n) is 13.0. The minimum atomic E-state index is -0.0559. The molecule has 1 aromatic carbocycles. The van der Waals surface area contributed by atoms with Crippen LogP contribution in [-0.4, -0.2) is 41.7 Å². The Labute approximate surface area is 125 Å². The maximum absolute atomic E-state index is 11.4. The van der Waals surface area contributed by atoms with E-state index < -0.39 is 0 Å². The fourth-order valence-corrected chi connectivity index (χ4v) is 2.10. The molecule has 1 amide bonds. The number of rotatable bonds is 5. The number of nitrogens with one attached hydrogen (secondary N) is 1. The lowest BCUT2D eigenvalue weighted by Gasteiger charge is -2.20. The molecule has 0 bridgehead atoms. The van der Waals surface area contributed by atoms with Crippen LogP contribution in [0, 0.1) is 0 Å². The highest BCUT2D eigenvalue weighted by Crippen LogP contribution is 2.24. The smallest absolute Gasteiger partial charge is 0.241 e. The summed E-state index contributed by atoms with van der Waals surface area (Å²) >= 11 is 0. The van der Waals surface area contributed by atoms with Gasteiger partial charge in [-0.3, -0.25) is 9.48 Å². The number of hydrogen-bond acceptors (Lipinski definition) is 3. The lowest BCUT2D eigenvalue weighted by molar-refractivity contribution is -0.121. The number of aromatic nitrogens is 2. The third-order valence-corrected chi connectivity index (χ3v) is 3.69. The van der Waals surface area contributed by atoms with E-state index in [2.05, 4.69) is 60.6 Å². The van der Waals surface area contributed by atoms with Crippen molar-refractivity contribution in [3.8, 4) is 11.1 Å². The summed E-state index contributed by atoms with van der Waals surface area (Å²) in [5.41, 5.74) is 3.40. The van der Waals surface area contributed by atoms with E-state index in [1.54, 1.807) is 17.9 Å². The normalized spacial score (nSPS) is 12.4. The summed E-state index contributed by atoms with van der Waals surface area (Å²) in [7, 11) is 5.76. The monoisotopic (exact) mass is 286 g/mol. The molecule has 0 fully saturated rings. The van der Waals surface area contributed by atoms with Crippen molar-refractivity contribution in [1.82, 2.24) is 20.0 Å². The van der Waals surface area contributed by atoms with Gasteiger partial charge in [-0.2, -0.15) is 5.10 Å². The molecule has 0 saturated carbocycles. The van der Waals surface area contributed by atoms with Crippen LogP contribution in [0.3, 0.4) is 0 Å². The van der Waals surface area contributed by atoms with Gasteiger partial charge in [-0.15, -0.1) is 0 Å². The first-order valence-electron chi connectivity index (χ1n) is 7.01. The van der Waals surface area contributed by atoms with E-state index in [0.717, 1.165) is 11.1 Å². The zero-order valence-corrected chi connectivity index (χ0v) is 13.0. The largest absolute Gasteiger partial charge is 0.358 e. The van der Waals surface area contributed by atoms with Crippen LogP contribution >= 0.6 is 0 Å². The number of amides is 1. The predicted molar refractivity (Wildman–Crippen MR) is 83.8 cm³/mol. The molecule has 0 radical (unpaired) electrons. The summed E-state index contributed by atoms with van der Waals surface area (Å²) in [4.78, 5) is 13.5. The van der Waals surface area contributed by atoms with Crippen molar-refractivity contribution < 1.29 is 4.79 Å². The Morgan fingerprint density at radius 3 is 2.81 bits per heavy atom. The summed E-state index contributed by atoms with van der Waals surface area (Å²) in [5, 5.41) is 6.83. The van der Waals surface area contributed by atoms with E-state index in [1.807, 2.05) is 6.20 Å². The summed E-state index contributed by atoms with van der Waals surface area (Å²) in [5.74, 6) is -0.0559. The maximum Gasteiger partial charge on any atom is 0.241 e. The Bertz CT molecular complexity index is 618. The molecule has 1 N–H and O–H groups in total. The molecule has 0 saturated heterocycles. The van der Waals surface area contributed by atoms with Gasteiger partial charge in [0.25, 0.3) is 0 Å². The average Bonchev–Trinajstić information content (AvgIpc) is 2.94. The van der Waals surface area contributed by atoms with Gasteiger partial charge in [-0.1, -0.05) is 18.2 Å². The molecule has 0 unspecified atom stereocenters. The van der Waals surface area contributed by atoms with E-state index in [4.69, 9.17) is 0 Å². The molecule has 2 aromatic rings. The van der Waals surface area contributed by atoms with E-state index in [0.29, 0.717) is 6.04 Å². The third kappa shape index (κ3) is 3.70. The van der Waals surface area contributed by atoms with Crippen molar-refractivity contribution in [2.75, 3.05) is 21.1 Å². The van der Waals surface area contributed by atoms with Gasteiger partial charge >= 0.3 is 0 Å². The summed E-state index contributed by atoms with van der Waals surface area (Å²) < 4.78 is 1.65. The minimum Gasteiger partial charge on any atom is -0.358 e. The molecular formula is C16H22N4O. The number of nitrogens with zero attached hydrogens (tertiary/aromatic N) is 3. The molecule has 1 atom stereocenters. The van der Waals surface area contributed by atoms with Gasteiger partial charge in [-0.25, -0.2) is 0 Å². The van der Waals surface area contributed by atoms with Crippen molar-refractivity contribution in [3.63, 3.8) is 0 Å². The molecule has 112 valence electrons. The maximum atomic E-state index is 11.4. The van der Waals surface area contributed by atoms with Crippen molar-refractivity contribution in [2.24, 2.45) is 0 Å². The third-order valence-electron chi connectivity index (χ3n) is 3.69. The summed E-state index contributed by atoms with van der Waals surface area (Å²) in [6.45, 7) is 2.42. The van der Waals surface area contributed by atoms with Crippen LogP contribution in [-0.2, 0) is 11.3 Å². The quantitative estimate of drug-likeness (QED) is 0.913. The average molecular weight is 286 g/mol. The first-order valence-corrected chi connectivity index (χ1v) is 7.01. The Morgan fingerprint density at radius 2 is 2.14 bits per heavy atom. The molecule has 1 aromatic heterocycles. The van der Waals surface area contributed by atoms with Gasteiger partial charge in [0.1, 0.15) is 6.54 Å². The summed E-state index contributed by atoms with van der Waals surface area (Å²) in [6.07, 6.45) is 3.69. The molecule has 21 heavy (non-hydrogen) atoms. The Hall–Kier alpha value is -2.14. The highest BCUT2D eigenvalue weighted by atomic mass is 16.1. The van der Waals surface area contributed by atoms with Crippen LogP contribution in [0.15, 0.2) is 36.7 Å². The number of likely N-dealkylation sites (N-methyl/N-ethyl adjacent to an activating group) is 1. The number of benzene rings is 1. The molecule has 0 aliphatic rings. The Balaban J connectivity index is 2.22. The second-order valence-corrected chi connectivity index (χ2v) is 5.36. The van der Waals surface area contributed by atoms with E-state index >= 15 is 0 Å². The lowest BCUT2D eigenvalue weighted by Crippen LogP contribution is -2.23. The molecule has 5 heteroatoms. The van der Waals surface area contributed by atoms with Crippen molar-refractivity contribution in [3.05, 3.63) is 42.2 Å². The van der Waals surface area contributed by atoms with Gasteiger partial charge in [0.2, 0.25) is 5.91 Å². The molecule has 1 heterocycles. The fourth-order valence-electron chi connectivity index (χ4n) is 2.10. The van der Waals surface area contributed by atoms with Crippen LogP contribution in [0.5, 0.6) is 0 Å². The highest BCUT2D eigenvalue weighted by molar-refractivity contribution is 5.75. The second-order valence-electron chi connectivity index (χ2n) is 5.36. The number of hydrogen-bond donors (Lipinski definition) is 1. The minimum absolute atomic E-state index is 0.0559. The number of carbonyl (C=O) groups is 1. The van der Waals surface area contributed by atoms with Gasteiger partial charge in [0.05, 0.1) is 6.20 Å². The molecule has 0 spiro atoms.